The molecule has 0 radical (unpaired) electrons. The number of nitrogens with zero attached hydrogens (tertiary/aromatic N) is 1. The summed E-state index contributed by atoms with van der Waals surface area (Å²) in [5.74, 6) is -0.394. The van der Waals surface area contributed by atoms with Crippen molar-refractivity contribution in [3.05, 3.63) is 0 Å². The molecule has 0 heterocycles. The van der Waals surface area contributed by atoms with Crippen LogP contribution < -0.4 is 12.4 Å². The van der Waals surface area contributed by atoms with Gasteiger partial charge in [0.15, 0.2) is 12.8 Å². The second kappa shape index (κ2) is 4.66. The maximum atomic E-state index is 10.8. The van der Waals surface area contributed by atoms with Gasteiger partial charge in [0.1, 0.15) is 0 Å². The van der Waals surface area contributed by atoms with Crippen molar-refractivity contribution in [3.8, 4) is 0 Å². The van der Waals surface area contributed by atoms with E-state index in [4.69, 9.17) is 10.2 Å². The molecule has 1 amide bonds. The summed E-state index contributed by atoms with van der Waals surface area (Å²) in [5, 5.41) is 17.5. The molecule has 0 spiro atoms. The number of rotatable bonds is 2. The zero-order valence-electron chi connectivity index (χ0n) is 6.91. The van der Waals surface area contributed by atoms with Crippen molar-refractivity contribution in [1.82, 2.24) is 0 Å². The van der Waals surface area contributed by atoms with E-state index in [0.717, 1.165) is 0 Å². The Labute approximate surface area is 72.4 Å². The fourth-order valence-electron chi connectivity index (χ4n) is 0.391. The first-order valence-corrected chi connectivity index (χ1v) is 3.09. The van der Waals surface area contributed by atoms with Gasteiger partial charge in [-0.05, 0) is 0 Å². The Morgan fingerprint density at radius 1 is 1.55 bits per heavy atom. The second-order valence-electron chi connectivity index (χ2n) is 2.72. The lowest BCUT2D eigenvalue weighted by Gasteiger charge is -2.28. The van der Waals surface area contributed by atoms with Crippen LogP contribution in [0.1, 0.15) is 6.92 Å². The summed E-state index contributed by atoms with van der Waals surface area (Å²) < 4.78 is -0.198. The van der Waals surface area contributed by atoms with Crippen molar-refractivity contribution in [3.63, 3.8) is 0 Å². The zero-order valence-corrected chi connectivity index (χ0v) is 7.67. The number of carbonyl (C=O) groups is 1. The number of amides is 1. The molecule has 1 unspecified atom stereocenters. The molecule has 0 aliphatic rings. The molecule has 2 N–H and O–H groups in total. The average Bonchev–Trinajstić information content (AvgIpc) is 1.86. The van der Waals surface area contributed by atoms with E-state index in [-0.39, 0.29) is 16.9 Å². The number of halogens is 1. The van der Waals surface area contributed by atoms with Gasteiger partial charge in [0.2, 0.25) is 0 Å². The molecule has 0 aliphatic heterocycles. The highest BCUT2D eigenvalue weighted by Crippen LogP contribution is 2.02. The zero-order chi connectivity index (χ0) is 8.36. The molecule has 0 saturated heterocycles. The van der Waals surface area contributed by atoms with Crippen molar-refractivity contribution in [2.45, 2.75) is 13.2 Å². The molecule has 0 fully saturated rings. The summed E-state index contributed by atoms with van der Waals surface area (Å²) >= 11 is 0. The smallest absolute Gasteiger partial charge is 0.340 e. The van der Waals surface area contributed by atoms with Crippen molar-refractivity contribution in [2.75, 3.05) is 20.7 Å². The maximum Gasteiger partial charge on any atom is 0.340 e. The SMILES string of the molecule is CC(O)[N+](C)(C)C(=O)CO.[Cl-]. The summed E-state index contributed by atoms with van der Waals surface area (Å²) in [6, 6.07) is 0. The van der Waals surface area contributed by atoms with Gasteiger partial charge in [-0.2, -0.15) is 0 Å². The molecule has 0 aliphatic carbocycles. The van der Waals surface area contributed by atoms with Gasteiger partial charge in [0.25, 0.3) is 0 Å². The normalized spacial score (nSPS) is 13.5. The van der Waals surface area contributed by atoms with Gasteiger partial charge in [-0.3, -0.25) is 0 Å². The largest absolute Gasteiger partial charge is 1.00 e. The van der Waals surface area contributed by atoms with Crippen molar-refractivity contribution < 1.29 is 31.9 Å². The average molecular weight is 184 g/mol. The number of hydrogen-bond donors (Lipinski definition) is 2. The van der Waals surface area contributed by atoms with Crippen LogP contribution in [0.5, 0.6) is 0 Å². The van der Waals surface area contributed by atoms with Gasteiger partial charge in [-0.25, -0.2) is 9.28 Å². The van der Waals surface area contributed by atoms with Crippen LogP contribution in [0.2, 0.25) is 0 Å². The minimum atomic E-state index is -0.778. The lowest BCUT2D eigenvalue weighted by molar-refractivity contribution is -0.863. The van der Waals surface area contributed by atoms with Crippen LogP contribution in [-0.2, 0) is 4.79 Å². The fourth-order valence-corrected chi connectivity index (χ4v) is 0.391. The molecule has 0 aromatic heterocycles. The Morgan fingerprint density at radius 2 is 1.91 bits per heavy atom. The number of aliphatic hydroxyl groups excluding tert-OH is 2. The van der Waals surface area contributed by atoms with Crippen molar-refractivity contribution in [2.24, 2.45) is 0 Å². The highest BCUT2D eigenvalue weighted by Gasteiger charge is 2.30. The Balaban J connectivity index is 0. The minimum Gasteiger partial charge on any atom is -1.00 e. The molecule has 0 rings (SSSR count). The molecular formula is C6H14ClNO3. The minimum absolute atomic E-state index is 0. The van der Waals surface area contributed by atoms with E-state index in [0.29, 0.717) is 0 Å². The molecule has 11 heavy (non-hydrogen) atoms. The predicted octanol–water partition coefficient (Wildman–Crippen LogP) is -4.08. The standard InChI is InChI=1S/C6H14NO3.ClH/c1-5(9)7(2,3)6(10)4-8;/h5,8-9H,4H2,1-3H3;1H/q+1;/p-1. The molecule has 5 heteroatoms. The summed E-state index contributed by atoms with van der Waals surface area (Å²) in [7, 11) is 3.09. The molecular weight excluding hydrogens is 170 g/mol. The molecule has 68 valence electrons. The number of aliphatic hydroxyl groups is 2. The van der Waals surface area contributed by atoms with E-state index >= 15 is 0 Å². The van der Waals surface area contributed by atoms with Crippen LogP contribution >= 0.6 is 0 Å². The lowest BCUT2D eigenvalue weighted by Crippen LogP contribution is -3.00. The van der Waals surface area contributed by atoms with Gasteiger partial charge in [0, 0.05) is 6.92 Å². The third-order valence-electron chi connectivity index (χ3n) is 1.71. The monoisotopic (exact) mass is 183 g/mol. The van der Waals surface area contributed by atoms with Gasteiger partial charge < -0.3 is 22.6 Å². The van der Waals surface area contributed by atoms with Crippen LogP contribution in [-0.4, -0.2) is 47.5 Å². The van der Waals surface area contributed by atoms with Crippen molar-refractivity contribution >= 4 is 5.91 Å². The van der Waals surface area contributed by atoms with Crippen LogP contribution in [0.4, 0.5) is 0 Å². The van der Waals surface area contributed by atoms with E-state index in [1.165, 1.54) is 6.92 Å². The maximum absolute atomic E-state index is 10.8. The highest BCUT2D eigenvalue weighted by molar-refractivity contribution is 5.69. The number of hydrogen-bond acceptors (Lipinski definition) is 3. The molecule has 0 aromatic carbocycles. The Bertz CT molecular complexity index is 136. The van der Waals surface area contributed by atoms with E-state index < -0.39 is 18.7 Å². The number of likely N-dealkylation sites (N-methyl/N-ethyl adjacent to an activating group) is 1. The van der Waals surface area contributed by atoms with Gasteiger partial charge in [-0.1, -0.05) is 0 Å². The molecule has 0 bridgehead atoms. The second-order valence-corrected chi connectivity index (χ2v) is 2.72. The molecule has 0 saturated carbocycles. The fraction of sp³-hybridized carbons (Fsp3) is 0.833. The quantitative estimate of drug-likeness (QED) is 0.338. The van der Waals surface area contributed by atoms with Gasteiger partial charge in [0.05, 0.1) is 14.1 Å². The summed E-state index contributed by atoms with van der Waals surface area (Å²) in [4.78, 5) is 10.8. The third kappa shape index (κ3) is 3.16. The van der Waals surface area contributed by atoms with Crippen LogP contribution in [0.3, 0.4) is 0 Å². The Morgan fingerprint density at radius 3 is 2.00 bits per heavy atom. The van der Waals surface area contributed by atoms with Crippen LogP contribution in [0.15, 0.2) is 0 Å². The van der Waals surface area contributed by atoms with Crippen LogP contribution in [0.25, 0.3) is 0 Å². The third-order valence-corrected chi connectivity index (χ3v) is 1.71. The first kappa shape index (κ1) is 13.4. The number of carbonyl (C=O) groups excluding carboxylic acids is 1. The van der Waals surface area contributed by atoms with E-state index in [1.807, 2.05) is 0 Å². The molecule has 0 aromatic rings. The van der Waals surface area contributed by atoms with Crippen LogP contribution in [0, 0.1) is 0 Å². The Hall–Kier alpha value is -0.160. The van der Waals surface area contributed by atoms with Crippen molar-refractivity contribution in [1.29, 1.82) is 0 Å². The van der Waals surface area contributed by atoms with E-state index in [1.54, 1.807) is 14.1 Å². The van der Waals surface area contributed by atoms with Gasteiger partial charge >= 0.3 is 5.91 Å². The molecule has 1 atom stereocenters. The predicted molar refractivity (Wildman–Crippen MR) is 35.9 cm³/mol. The summed E-state index contributed by atoms with van der Waals surface area (Å²) in [6.07, 6.45) is -0.778. The summed E-state index contributed by atoms with van der Waals surface area (Å²) in [5.41, 5.74) is 0. The highest BCUT2D eigenvalue weighted by atomic mass is 35.5. The Kier molecular flexibility index (Phi) is 5.69. The van der Waals surface area contributed by atoms with Gasteiger partial charge in [-0.15, -0.1) is 0 Å². The first-order valence-electron chi connectivity index (χ1n) is 3.09. The lowest BCUT2D eigenvalue weighted by atomic mass is 10.4. The van der Waals surface area contributed by atoms with E-state index in [2.05, 4.69) is 0 Å². The number of quaternary nitrogens is 1. The molecule has 4 nitrogen and oxygen atoms in total. The van der Waals surface area contributed by atoms with E-state index in [9.17, 15) is 4.79 Å². The first-order chi connectivity index (χ1) is 4.42. The topological polar surface area (TPSA) is 57.5 Å². The summed E-state index contributed by atoms with van der Waals surface area (Å²) in [6.45, 7) is 0.978.